The van der Waals surface area contributed by atoms with Crippen molar-refractivity contribution in [2.75, 3.05) is 7.05 Å². The molecule has 1 N–H and O–H groups in total. The Balaban J connectivity index is 1.74. The van der Waals surface area contributed by atoms with Crippen molar-refractivity contribution in [3.63, 3.8) is 0 Å². The number of ether oxygens (including phenoxy) is 1. The molecule has 0 saturated carbocycles. The number of H-pyrrole nitrogens is 1. The van der Waals surface area contributed by atoms with Crippen molar-refractivity contribution in [2.45, 2.75) is 46.3 Å². The van der Waals surface area contributed by atoms with E-state index in [1.807, 2.05) is 30.5 Å². The van der Waals surface area contributed by atoms with E-state index in [1.165, 1.54) is 16.2 Å². The molecule has 0 spiro atoms. The molecule has 0 aliphatic carbocycles. The molecular formula is C21H25N3O3S. The largest absolute Gasteiger partial charge is 0.481 e. The number of aromatic nitrogens is 2. The van der Waals surface area contributed by atoms with Gasteiger partial charge in [0, 0.05) is 7.05 Å². The normalized spacial score (nSPS) is 12.4. The molecule has 1 unspecified atom stereocenters. The first kappa shape index (κ1) is 20.1. The van der Waals surface area contributed by atoms with Gasteiger partial charge < -0.3 is 14.6 Å². The Kier molecular flexibility index (Phi) is 5.84. The molecule has 2 aromatic heterocycles. The van der Waals surface area contributed by atoms with Gasteiger partial charge in [-0.25, -0.2) is 4.98 Å². The minimum atomic E-state index is -0.652. The van der Waals surface area contributed by atoms with Crippen LogP contribution in [0, 0.1) is 6.92 Å². The molecule has 2 heterocycles. The molecule has 1 atom stereocenters. The minimum absolute atomic E-state index is 0.177. The van der Waals surface area contributed by atoms with Gasteiger partial charge in [0.15, 0.2) is 6.10 Å². The third-order valence-corrected chi connectivity index (χ3v) is 5.47. The first-order valence-electron chi connectivity index (χ1n) is 9.25. The third kappa shape index (κ3) is 4.25. The van der Waals surface area contributed by atoms with E-state index in [2.05, 4.69) is 23.8 Å². The number of hydrogen-bond donors (Lipinski definition) is 1. The highest BCUT2D eigenvalue weighted by Crippen LogP contribution is 2.28. The fourth-order valence-corrected chi connectivity index (χ4v) is 3.80. The fraction of sp³-hybridized carbons (Fsp3) is 0.381. The number of carbonyl (C=O) groups is 1. The maximum atomic E-state index is 12.8. The second-order valence-electron chi connectivity index (χ2n) is 7.30. The summed E-state index contributed by atoms with van der Waals surface area (Å²) in [7, 11) is 1.68. The first-order valence-corrected chi connectivity index (χ1v) is 10.1. The molecule has 148 valence electrons. The summed E-state index contributed by atoms with van der Waals surface area (Å²) in [6.45, 7) is 8.14. The zero-order valence-corrected chi connectivity index (χ0v) is 17.6. The van der Waals surface area contributed by atoms with E-state index in [0.29, 0.717) is 22.0 Å². The van der Waals surface area contributed by atoms with Crippen molar-refractivity contribution in [2.24, 2.45) is 0 Å². The number of rotatable bonds is 6. The topological polar surface area (TPSA) is 75.3 Å². The van der Waals surface area contributed by atoms with Crippen LogP contribution in [0.4, 0.5) is 0 Å². The van der Waals surface area contributed by atoms with Crippen LogP contribution in [-0.4, -0.2) is 33.9 Å². The van der Waals surface area contributed by atoms with Gasteiger partial charge in [-0.2, -0.15) is 0 Å². The van der Waals surface area contributed by atoms with Gasteiger partial charge in [0.25, 0.3) is 11.5 Å². The Morgan fingerprint density at radius 1 is 1.29 bits per heavy atom. The molecule has 3 aromatic rings. The molecule has 0 aliphatic heterocycles. The minimum Gasteiger partial charge on any atom is -0.481 e. The summed E-state index contributed by atoms with van der Waals surface area (Å²) in [5.41, 5.74) is 2.62. The number of likely N-dealkylation sites (N-methyl/N-ethyl adjacent to an activating group) is 1. The number of hydrogen-bond acceptors (Lipinski definition) is 5. The number of benzene rings is 1. The number of nitrogens with zero attached hydrogens (tertiary/aromatic N) is 2. The average molecular weight is 400 g/mol. The summed E-state index contributed by atoms with van der Waals surface area (Å²) < 4.78 is 6.60. The lowest BCUT2D eigenvalue weighted by Gasteiger charge is -2.23. The second kappa shape index (κ2) is 8.14. The number of nitrogens with one attached hydrogen (secondary N) is 1. The van der Waals surface area contributed by atoms with Crippen molar-refractivity contribution in [1.82, 2.24) is 14.9 Å². The Hall–Kier alpha value is -2.67. The molecule has 0 aliphatic rings. The van der Waals surface area contributed by atoms with Gasteiger partial charge in [-0.05, 0) is 48.4 Å². The predicted molar refractivity (Wildman–Crippen MR) is 112 cm³/mol. The Morgan fingerprint density at radius 3 is 2.75 bits per heavy atom. The molecule has 0 radical (unpaired) electrons. The maximum absolute atomic E-state index is 12.8. The van der Waals surface area contributed by atoms with Gasteiger partial charge in [-0.3, -0.25) is 9.59 Å². The number of aromatic amines is 1. The molecule has 1 aromatic carbocycles. The summed E-state index contributed by atoms with van der Waals surface area (Å²) in [6, 6.07) is 7.85. The molecule has 0 fully saturated rings. The van der Waals surface area contributed by atoms with E-state index in [-0.39, 0.29) is 18.0 Å². The molecule has 0 bridgehead atoms. The quantitative estimate of drug-likeness (QED) is 0.683. The Bertz CT molecular complexity index is 1050. The summed E-state index contributed by atoms with van der Waals surface area (Å²) in [5, 5.41) is 1.83. The van der Waals surface area contributed by atoms with E-state index >= 15 is 0 Å². The van der Waals surface area contributed by atoms with Crippen LogP contribution in [0.15, 0.2) is 34.4 Å². The predicted octanol–water partition coefficient (Wildman–Crippen LogP) is 3.84. The third-order valence-electron chi connectivity index (χ3n) is 4.57. The van der Waals surface area contributed by atoms with E-state index in [9.17, 15) is 9.59 Å². The summed E-state index contributed by atoms with van der Waals surface area (Å²) >= 11 is 1.35. The van der Waals surface area contributed by atoms with Crippen LogP contribution in [0.25, 0.3) is 10.2 Å². The van der Waals surface area contributed by atoms with E-state index in [0.717, 1.165) is 16.9 Å². The van der Waals surface area contributed by atoms with E-state index < -0.39 is 6.10 Å². The number of carbonyl (C=O) groups excluding carboxylic acids is 1. The number of amides is 1. The van der Waals surface area contributed by atoms with E-state index in [4.69, 9.17) is 4.74 Å². The van der Waals surface area contributed by atoms with Gasteiger partial charge in [0.1, 0.15) is 16.3 Å². The van der Waals surface area contributed by atoms with Gasteiger partial charge in [-0.1, -0.05) is 26.0 Å². The SMILES string of the molecule is Cc1ccc(C(C)C)c(OC(C)C(=O)N(C)Cc2nc3ccsc3c(=O)[nH]2)c1. The molecule has 1 amide bonds. The highest BCUT2D eigenvalue weighted by molar-refractivity contribution is 7.17. The molecule has 0 saturated heterocycles. The van der Waals surface area contributed by atoms with Crippen LogP contribution in [-0.2, 0) is 11.3 Å². The van der Waals surface area contributed by atoms with Crippen molar-refractivity contribution in [3.8, 4) is 5.75 Å². The lowest BCUT2D eigenvalue weighted by Crippen LogP contribution is -2.38. The highest BCUT2D eigenvalue weighted by Gasteiger charge is 2.22. The van der Waals surface area contributed by atoms with Crippen LogP contribution in [0.1, 0.15) is 43.6 Å². The van der Waals surface area contributed by atoms with Crippen molar-refractivity contribution in [1.29, 1.82) is 0 Å². The molecular weight excluding hydrogens is 374 g/mol. The van der Waals surface area contributed by atoms with Crippen LogP contribution in [0.3, 0.4) is 0 Å². The lowest BCUT2D eigenvalue weighted by atomic mass is 10.0. The standard InChI is InChI=1S/C21H25N3O3S/c1-12(2)15-7-6-13(3)10-17(15)27-14(4)21(26)24(5)11-18-22-16-8-9-28-19(16)20(25)23-18/h6-10,12,14H,11H2,1-5H3,(H,22,23,25). The van der Waals surface area contributed by atoms with Gasteiger partial charge >= 0.3 is 0 Å². The van der Waals surface area contributed by atoms with Crippen LogP contribution in [0.5, 0.6) is 5.75 Å². The van der Waals surface area contributed by atoms with Crippen molar-refractivity contribution in [3.05, 3.63) is 57.0 Å². The van der Waals surface area contributed by atoms with Gasteiger partial charge in [0.05, 0.1) is 12.1 Å². The van der Waals surface area contributed by atoms with Crippen molar-refractivity contribution >= 4 is 27.5 Å². The fourth-order valence-electron chi connectivity index (χ4n) is 3.07. The molecule has 28 heavy (non-hydrogen) atoms. The monoisotopic (exact) mass is 399 g/mol. The second-order valence-corrected chi connectivity index (χ2v) is 8.21. The molecule has 3 rings (SSSR count). The zero-order chi connectivity index (χ0) is 20.4. The summed E-state index contributed by atoms with van der Waals surface area (Å²) in [5.74, 6) is 1.30. The smallest absolute Gasteiger partial charge is 0.268 e. The number of fused-ring (bicyclic) bond motifs is 1. The summed E-state index contributed by atoms with van der Waals surface area (Å²) in [6.07, 6.45) is -0.652. The zero-order valence-electron chi connectivity index (χ0n) is 16.8. The number of thiophene rings is 1. The van der Waals surface area contributed by atoms with Crippen LogP contribution in [0.2, 0.25) is 0 Å². The molecule has 6 nitrogen and oxygen atoms in total. The van der Waals surface area contributed by atoms with Gasteiger partial charge in [0.2, 0.25) is 0 Å². The Labute approximate surface area is 168 Å². The summed E-state index contributed by atoms with van der Waals surface area (Å²) in [4.78, 5) is 33.6. The maximum Gasteiger partial charge on any atom is 0.268 e. The Morgan fingerprint density at radius 2 is 2.04 bits per heavy atom. The first-order chi connectivity index (χ1) is 13.3. The number of aryl methyl sites for hydroxylation is 1. The van der Waals surface area contributed by atoms with Crippen LogP contribution >= 0.6 is 11.3 Å². The molecule has 7 heteroatoms. The van der Waals surface area contributed by atoms with E-state index in [1.54, 1.807) is 20.0 Å². The van der Waals surface area contributed by atoms with Crippen LogP contribution < -0.4 is 10.3 Å². The van der Waals surface area contributed by atoms with Gasteiger partial charge in [-0.15, -0.1) is 11.3 Å². The highest BCUT2D eigenvalue weighted by atomic mass is 32.1. The lowest BCUT2D eigenvalue weighted by molar-refractivity contribution is -0.137. The van der Waals surface area contributed by atoms with Crippen molar-refractivity contribution < 1.29 is 9.53 Å². The average Bonchev–Trinajstić information content (AvgIpc) is 3.09.